The van der Waals surface area contributed by atoms with Crippen LogP contribution in [0.25, 0.3) is 0 Å². The summed E-state index contributed by atoms with van der Waals surface area (Å²) in [5.74, 6) is 0.540. The number of alkyl halides is 3. The van der Waals surface area contributed by atoms with Gasteiger partial charge in [-0.25, -0.2) is 4.98 Å². The van der Waals surface area contributed by atoms with E-state index in [2.05, 4.69) is 15.3 Å². The van der Waals surface area contributed by atoms with Gasteiger partial charge in [-0.05, 0) is 30.7 Å². The molecule has 21 heavy (non-hydrogen) atoms. The minimum Gasteiger partial charge on any atom is -0.366 e. The summed E-state index contributed by atoms with van der Waals surface area (Å²) in [5.41, 5.74) is 0.759. The molecule has 0 saturated heterocycles. The third-order valence-corrected chi connectivity index (χ3v) is 2.84. The summed E-state index contributed by atoms with van der Waals surface area (Å²) in [7, 11) is 0. The van der Waals surface area contributed by atoms with Gasteiger partial charge in [-0.15, -0.1) is 0 Å². The van der Waals surface area contributed by atoms with Crippen LogP contribution in [-0.4, -0.2) is 16.3 Å². The summed E-state index contributed by atoms with van der Waals surface area (Å²) in [4.78, 5) is 18.2. The zero-order chi connectivity index (χ0) is 15.5. The number of carbonyl (C=O) groups is 1. The predicted molar refractivity (Wildman–Crippen MR) is 70.9 cm³/mol. The van der Waals surface area contributed by atoms with Crippen molar-refractivity contribution in [3.05, 3.63) is 53.0 Å². The second-order valence-electron chi connectivity index (χ2n) is 4.39. The molecule has 2 rings (SSSR count). The highest BCUT2D eigenvalue weighted by molar-refractivity contribution is 5.76. The standard InChI is InChI=1S/C14H12F3N3O/c1-9-11(8-21)3-5-13(20-9)19-7-10-2-4-12(18-6-10)14(15,16)17/h2-6,8H,7H2,1H3,(H,19,20). The van der Waals surface area contributed by atoms with Gasteiger partial charge in [0.05, 0.1) is 5.69 Å². The van der Waals surface area contributed by atoms with Crippen LogP contribution >= 0.6 is 0 Å². The van der Waals surface area contributed by atoms with Crippen molar-refractivity contribution in [3.63, 3.8) is 0 Å². The van der Waals surface area contributed by atoms with E-state index < -0.39 is 11.9 Å². The fourth-order valence-electron chi connectivity index (χ4n) is 1.68. The van der Waals surface area contributed by atoms with Crippen molar-refractivity contribution in [2.75, 3.05) is 5.32 Å². The van der Waals surface area contributed by atoms with E-state index in [0.717, 1.165) is 6.07 Å². The molecule has 0 bridgehead atoms. The molecule has 7 heteroatoms. The molecule has 4 nitrogen and oxygen atoms in total. The Balaban J connectivity index is 2.03. The van der Waals surface area contributed by atoms with Crippen molar-refractivity contribution in [1.29, 1.82) is 0 Å². The molecule has 0 atom stereocenters. The van der Waals surface area contributed by atoms with E-state index in [9.17, 15) is 18.0 Å². The molecule has 0 aliphatic heterocycles. The number of aryl methyl sites for hydroxylation is 1. The number of hydrogen-bond acceptors (Lipinski definition) is 4. The average Bonchev–Trinajstić information content (AvgIpc) is 2.45. The summed E-state index contributed by atoms with van der Waals surface area (Å²) in [6.07, 6.45) is -2.55. The molecule has 0 aromatic carbocycles. The molecule has 0 spiro atoms. The normalized spacial score (nSPS) is 11.2. The number of pyridine rings is 2. The number of nitrogens with zero attached hydrogens (tertiary/aromatic N) is 2. The van der Waals surface area contributed by atoms with Crippen LogP contribution in [0.4, 0.5) is 19.0 Å². The largest absolute Gasteiger partial charge is 0.433 e. The van der Waals surface area contributed by atoms with Gasteiger partial charge in [-0.1, -0.05) is 6.07 Å². The average molecular weight is 295 g/mol. The zero-order valence-corrected chi connectivity index (χ0v) is 11.1. The van der Waals surface area contributed by atoms with Crippen LogP contribution in [0.3, 0.4) is 0 Å². The van der Waals surface area contributed by atoms with Crippen molar-refractivity contribution >= 4 is 12.1 Å². The van der Waals surface area contributed by atoms with Gasteiger partial charge in [0.15, 0.2) is 6.29 Å². The third-order valence-electron chi connectivity index (χ3n) is 2.84. The van der Waals surface area contributed by atoms with E-state index >= 15 is 0 Å². The van der Waals surface area contributed by atoms with Crippen molar-refractivity contribution in [1.82, 2.24) is 9.97 Å². The second-order valence-corrected chi connectivity index (χ2v) is 4.39. The van der Waals surface area contributed by atoms with Crippen LogP contribution in [-0.2, 0) is 12.7 Å². The Morgan fingerprint density at radius 3 is 2.52 bits per heavy atom. The molecule has 0 aliphatic carbocycles. The third kappa shape index (κ3) is 3.77. The Bertz CT molecular complexity index is 639. The van der Waals surface area contributed by atoms with E-state index in [1.54, 1.807) is 19.1 Å². The number of anilines is 1. The first-order valence-corrected chi connectivity index (χ1v) is 6.09. The first-order valence-electron chi connectivity index (χ1n) is 6.09. The molecule has 2 aromatic heterocycles. The van der Waals surface area contributed by atoms with Gasteiger partial charge < -0.3 is 5.32 Å². The van der Waals surface area contributed by atoms with Gasteiger partial charge in [0, 0.05) is 18.3 Å². The monoisotopic (exact) mass is 295 g/mol. The maximum Gasteiger partial charge on any atom is 0.433 e. The first-order chi connectivity index (χ1) is 9.90. The number of halogens is 3. The Morgan fingerprint density at radius 1 is 1.24 bits per heavy atom. The Labute approximate surface area is 119 Å². The summed E-state index contributed by atoms with van der Waals surface area (Å²) in [6, 6.07) is 5.55. The minimum absolute atomic E-state index is 0.290. The van der Waals surface area contributed by atoms with Crippen molar-refractivity contribution < 1.29 is 18.0 Å². The van der Waals surface area contributed by atoms with Gasteiger partial charge in [0.2, 0.25) is 0 Å². The number of aldehydes is 1. The molecule has 0 radical (unpaired) electrons. The maximum atomic E-state index is 12.4. The molecule has 110 valence electrons. The summed E-state index contributed by atoms with van der Waals surface area (Å²) >= 11 is 0. The molecule has 2 heterocycles. The molecular formula is C14H12F3N3O. The molecule has 1 N–H and O–H groups in total. The second kappa shape index (κ2) is 5.90. The minimum atomic E-state index is -4.44. The molecule has 0 aliphatic rings. The fourth-order valence-corrected chi connectivity index (χ4v) is 1.68. The summed E-state index contributed by atoms with van der Waals surface area (Å²) in [5, 5.41) is 2.96. The van der Waals surface area contributed by atoms with E-state index in [0.29, 0.717) is 28.9 Å². The van der Waals surface area contributed by atoms with Crippen LogP contribution < -0.4 is 5.32 Å². The topological polar surface area (TPSA) is 54.9 Å². The maximum absolute atomic E-state index is 12.4. The zero-order valence-electron chi connectivity index (χ0n) is 11.1. The quantitative estimate of drug-likeness (QED) is 0.880. The van der Waals surface area contributed by atoms with Gasteiger partial charge in [0.25, 0.3) is 0 Å². The predicted octanol–water partition coefficient (Wildman–Crippen LogP) is 3.23. The number of carbonyl (C=O) groups excluding carboxylic acids is 1. The van der Waals surface area contributed by atoms with Gasteiger partial charge in [0.1, 0.15) is 11.5 Å². The van der Waals surface area contributed by atoms with E-state index in [1.165, 1.54) is 12.3 Å². The number of aromatic nitrogens is 2. The molecule has 0 unspecified atom stereocenters. The lowest BCUT2D eigenvalue weighted by molar-refractivity contribution is -0.141. The van der Waals surface area contributed by atoms with Gasteiger partial charge >= 0.3 is 6.18 Å². The smallest absolute Gasteiger partial charge is 0.366 e. The van der Waals surface area contributed by atoms with E-state index in [1.807, 2.05) is 0 Å². The van der Waals surface area contributed by atoms with Crippen LogP contribution in [0.1, 0.15) is 27.3 Å². The fraction of sp³-hybridized carbons (Fsp3) is 0.214. The molecular weight excluding hydrogens is 283 g/mol. The van der Waals surface area contributed by atoms with Crippen LogP contribution in [0.5, 0.6) is 0 Å². The van der Waals surface area contributed by atoms with Gasteiger partial charge in [-0.2, -0.15) is 13.2 Å². The SMILES string of the molecule is Cc1nc(NCc2ccc(C(F)(F)F)nc2)ccc1C=O. The number of nitrogens with one attached hydrogen (secondary N) is 1. The van der Waals surface area contributed by atoms with Crippen LogP contribution in [0.2, 0.25) is 0 Å². The van der Waals surface area contributed by atoms with Crippen molar-refractivity contribution in [2.24, 2.45) is 0 Å². The molecule has 0 amide bonds. The van der Waals surface area contributed by atoms with Gasteiger partial charge in [-0.3, -0.25) is 9.78 Å². The lowest BCUT2D eigenvalue weighted by Crippen LogP contribution is -2.09. The van der Waals surface area contributed by atoms with Crippen LogP contribution in [0.15, 0.2) is 30.5 Å². The van der Waals surface area contributed by atoms with E-state index in [-0.39, 0.29) is 6.54 Å². The molecule has 0 fully saturated rings. The van der Waals surface area contributed by atoms with Crippen molar-refractivity contribution in [3.8, 4) is 0 Å². The Morgan fingerprint density at radius 2 is 2.00 bits per heavy atom. The first kappa shape index (κ1) is 15.0. The Kier molecular flexibility index (Phi) is 4.21. The lowest BCUT2D eigenvalue weighted by atomic mass is 10.2. The number of rotatable bonds is 4. The summed E-state index contributed by atoms with van der Waals surface area (Å²) in [6.45, 7) is 1.99. The number of hydrogen-bond donors (Lipinski definition) is 1. The summed E-state index contributed by atoms with van der Waals surface area (Å²) < 4.78 is 37.1. The lowest BCUT2D eigenvalue weighted by Gasteiger charge is -2.09. The Hall–Kier alpha value is -2.44. The highest BCUT2D eigenvalue weighted by Crippen LogP contribution is 2.27. The van der Waals surface area contributed by atoms with E-state index in [4.69, 9.17) is 0 Å². The highest BCUT2D eigenvalue weighted by Gasteiger charge is 2.31. The van der Waals surface area contributed by atoms with Crippen LogP contribution in [0, 0.1) is 6.92 Å². The molecule has 0 saturated carbocycles. The van der Waals surface area contributed by atoms with Crippen molar-refractivity contribution in [2.45, 2.75) is 19.6 Å². The molecule has 2 aromatic rings. The highest BCUT2D eigenvalue weighted by atomic mass is 19.4.